The predicted octanol–water partition coefficient (Wildman–Crippen LogP) is 4.36. The lowest BCUT2D eigenvalue weighted by molar-refractivity contribution is -0.605. The number of fused-ring (bicyclic) bond motifs is 2. The lowest BCUT2D eigenvalue weighted by Gasteiger charge is -2.30. The molecule has 5 nitrogen and oxygen atoms in total. The Balaban J connectivity index is 1.46. The molecule has 1 aromatic carbocycles. The van der Waals surface area contributed by atoms with Crippen molar-refractivity contribution < 1.29 is 9.47 Å². The second-order valence-corrected chi connectivity index (χ2v) is 8.20. The number of ether oxygens (including phenoxy) is 1. The van der Waals surface area contributed by atoms with Crippen LogP contribution in [0.4, 0.5) is 0 Å². The van der Waals surface area contributed by atoms with E-state index in [1.165, 1.54) is 11.1 Å². The monoisotopic (exact) mass is 419 g/mol. The SMILES string of the molecule is [O-][n+]1ccc(CN2CCC(=C3c4ccc(Cl)cc4OCc4cccnc43)CC2)cc1. The maximum atomic E-state index is 11.3. The predicted molar refractivity (Wildman–Crippen MR) is 116 cm³/mol. The molecule has 0 aliphatic carbocycles. The Morgan fingerprint density at radius 2 is 1.90 bits per heavy atom. The maximum absolute atomic E-state index is 11.3. The van der Waals surface area contributed by atoms with Gasteiger partial charge in [-0.15, -0.1) is 0 Å². The Bertz CT molecular complexity index is 1100. The number of hydrogen-bond donors (Lipinski definition) is 0. The van der Waals surface area contributed by atoms with Gasteiger partial charge in [0.05, 0.1) is 5.69 Å². The van der Waals surface area contributed by atoms with Gasteiger partial charge in [0.25, 0.3) is 0 Å². The molecular weight excluding hydrogens is 398 g/mol. The molecule has 0 bridgehead atoms. The second-order valence-electron chi connectivity index (χ2n) is 7.76. The van der Waals surface area contributed by atoms with E-state index in [2.05, 4.69) is 17.0 Å². The summed E-state index contributed by atoms with van der Waals surface area (Å²) in [5.74, 6) is 0.820. The molecular formula is C24H22ClN3O2. The van der Waals surface area contributed by atoms with Crippen LogP contribution in [0.5, 0.6) is 5.75 Å². The van der Waals surface area contributed by atoms with Gasteiger partial charge in [0, 0.05) is 59.7 Å². The van der Waals surface area contributed by atoms with Gasteiger partial charge in [-0.1, -0.05) is 23.2 Å². The summed E-state index contributed by atoms with van der Waals surface area (Å²) < 4.78 is 6.91. The third-order valence-electron chi connectivity index (χ3n) is 5.81. The van der Waals surface area contributed by atoms with E-state index in [1.807, 2.05) is 36.5 Å². The van der Waals surface area contributed by atoms with E-state index >= 15 is 0 Å². The van der Waals surface area contributed by atoms with Gasteiger partial charge < -0.3 is 9.94 Å². The molecule has 0 radical (unpaired) electrons. The summed E-state index contributed by atoms with van der Waals surface area (Å²) >= 11 is 6.24. The molecule has 0 amide bonds. The Kier molecular flexibility index (Phi) is 5.15. The molecule has 4 heterocycles. The second kappa shape index (κ2) is 8.09. The largest absolute Gasteiger partial charge is 0.619 e. The van der Waals surface area contributed by atoms with Crippen LogP contribution in [0.1, 0.15) is 35.2 Å². The summed E-state index contributed by atoms with van der Waals surface area (Å²) in [7, 11) is 0. The topological polar surface area (TPSA) is 52.3 Å². The van der Waals surface area contributed by atoms with Crippen LogP contribution in [0.15, 0.2) is 66.6 Å². The van der Waals surface area contributed by atoms with Gasteiger partial charge in [0.1, 0.15) is 12.4 Å². The van der Waals surface area contributed by atoms with Crippen LogP contribution in [0.2, 0.25) is 5.02 Å². The van der Waals surface area contributed by atoms with E-state index in [0.717, 1.165) is 65.3 Å². The first-order chi connectivity index (χ1) is 14.7. The number of aromatic nitrogens is 2. The van der Waals surface area contributed by atoms with Crippen molar-refractivity contribution in [2.24, 2.45) is 0 Å². The van der Waals surface area contributed by atoms with Crippen molar-refractivity contribution >= 4 is 17.2 Å². The number of rotatable bonds is 2. The van der Waals surface area contributed by atoms with Crippen LogP contribution in [0.25, 0.3) is 5.57 Å². The van der Waals surface area contributed by atoms with Crippen LogP contribution in [0, 0.1) is 5.21 Å². The van der Waals surface area contributed by atoms with Gasteiger partial charge in [0.2, 0.25) is 0 Å². The van der Waals surface area contributed by atoms with Gasteiger partial charge in [-0.2, -0.15) is 4.73 Å². The van der Waals surface area contributed by atoms with Crippen molar-refractivity contribution in [1.29, 1.82) is 0 Å². The fourth-order valence-electron chi connectivity index (χ4n) is 4.28. The Morgan fingerprint density at radius 1 is 1.10 bits per heavy atom. The van der Waals surface area contributed by atoms with E-state index in [1.54, 1.807) is 12.4 Å². The first-order valence-electron chi connectivity index (χ1n) is 10.2. The number of pyridine rings is 2. The molecule has 0 spiro atoms. The number of hydrogen-bond acceptors (Lipinski definition) is 4. The van der Waals surface area contributed by atoms with Crippen molar-refractivity contribution in [2.45, 2.75) is 26.0 Å². The number of benzene rings is 1. The average Bonchev–Trinajstić information content (AvgIpc) is 2.93. The molecule has 2 aliphatic heterocycles. The fraction of sp³-hybridized carbons (Fsp3) is 0.250. The highest BCUT2D eigenvalue weighted by molar-refractivity contribution is 6.30. The van der Waals surface area contributed by atoms with Crippen LogP contribution in [-0.2, 0) is 13.2 Å². The van der Waals surface area contributed by atoms with E-state index in [9.17, 15) is 5.21 Å². The van der Waals surface area contributed by atoms with E-state index in [4.69, 9.17) is 21.3 Å². The highest BCUT2D eigenvalue weighted by atomic mass is 35.5. The first kappa shape index (κ1) is 19.1. The van der Waals surface area contributed by atoms with Crippen LogP contribution >= 0.6 is 11.6 Å². The summed E-state index contributed by atoms with van der Waals surface area (Å²) in [4.78, 5) is 7.17. The number of halogens is 1. The summed E-state index contributed by atoms with van der Waals surface area (Å²) in [6.45, 7) is 3.29. The van der Waals surface area contributed by atoms with Crippen molar-refractivity contribution in [2.75, 3.05) is 13.1 Å². The normalized spacial score (nSPS) is 16.4. The quantitative estimate of drug-likeness (QED) is 0.457. The molecule has 0 N–H and O–H groups in total. The molecule has 30 heavy (non-hydrogen) atoms. The van der Waals surface area contributed by atoms with E-state index < -0.39 is 0 Å². The average molecular weight is 420 g/mol. The molecule has 2 aliphatic rings. The summed E-state index contributed by atoms with van der Waals surface area (Å²) in [6, 6.07) is 13.7. The van der Waals surface area contributed by atoms with Gasteiger partial charge in [-0.25, -0.2) is 0 Å². The zero-order valence-corrected chi connectivity index (χ0v) is 17.3. The molecule has 0 atom stereocenters. The van der Waals surface area contributed by atoms with Gasteiger partial charge >= 0.3 is 0 Å². The third-order valence-corrected chi connectivity index (χ3v) is 6.05. The van der Waals surface area contributed by atoms with Gasteiger partial charge in [-0.05, 0) is 42.7 Å². The van der Waals surface area contributed by atoms with Crippen molar-refractivity contribution in [3.8, 4) is 5.75 Å². The van der Waals surface area contributed by atoms with E-state index in [-0.39, 0.29) is 0 Å². The van der Waals surface area contributed by atoms with Gasteiger partial charge in [-0.3, -0.25) is 9.88 Å². The highest BCUT2D eigenvalue weighted by Gasteiger charge is 2.26. The minimum Gasteiger partial charge on any atom is -0.619 e. The molecule has 3 aromatic rings. The van der Waals surface area contributed by atoms with Crippen LogP contribution in [-0.4, -0.2) is 23.0 Å². The zero-order chi connectivity index (χ0) is 20.5. The van der Waals surface area contributed by atoms with Crippen LogP contribution in [0.3, 0.4) is 0 Å². The standard InChI is InChI=1S/C24H22ClN3O2/c25-20-3-4-21-22(14-20)30-16-19-2-1-9-26-24(19)23(21)18-7-10-27(11-8-18)15-17-5-12-28(29)13-6-17/h1-6,9,12-14H,7-8,10-11,15-16H2. The Hall–Kier alpha value is -2.89. The van der Waals surface area contributed by atoms with E-state index in [0.29, 0.717) is 11.6 Å². The zero-order valence-electron chi connectivity index (χ0n) is 16.6. The molecule has 0 saturated carbocycles. The molecule has 1 fully saturated rings. The summed E-state index contributed by atoms with van der Waals surface area (Å²) in [5, 5.41) is 11.9. The van der Waals surface area contributed by atoms with Crippen molar-refractivity contribution in [1.82, 2.24) is 9.88 Å². The Labute approximate surface area is 180 Å². The summed E-state index contributed by atoms with van der Waals surface area (Å²) in [6.07, 6.45) is 6.92. The molecule has 152 valence electrons. The van der Waals surface area contributed by atoms with Gasteiger partial charge in [0.15, 0.2) is 12.4 Å². The lowest BCUT2D eigenvalue weighted by Crippen LogP contribution is -2.31. The number of nitrogens with zero attached hydrogens (tertiary/aromatic N) is 3. The Morgan fingerprint density at radius 3 is 2.70 bits per heavy atom. The number of piperidine rings is 1. The minimum atomic E-state index is 0.493. The first-order valence-corrected chi connectivity index (χ1v) is 10.5. The maximum Gasteiger partial charge on any atom is 0.180 e. The van der Waals surface area contributed by atoms with Crippen molar-refractivity contribution in [3.63, 3.8) is 0 Å². The number of likely N-dealkylation sites (tertiary alicyclic amines) is 1. The lowest BCUT2D eigenvalue weighted by atomic mass is 9.89. The fourth-order valence-corrected chi connectivity index (χ4v) is 4.44. The summed E-state index contributed by atoms with van der Waals surface area (Å²) in [5.41, 5.74) is 6.96. The molecule has 1 saturated heterocycles. The van der Waals surface area contributed by atoms with Crippen LogP contribution < -0.4 is 9.47 Å². The third kappa shape index (κ3) is 3.78. The molecule has 0 unspecified atom stereocenters. The molecule has 6 heteroatoms. The minimum absolute atomic E-state index is 0.493. The molecule has 5 rings (SSSR count). The smallest absolute Gasteiger partial charge is 0.180 e. The van der Waals surface area contributed by atoms with Crippen molar-refractivity contribution in [3.05, 3.63) is 99.2 Å². The molecule has 2 aromatic heterocycles. The highest BCUT2D eigenvalue weighted by Crippen LogP contribution is 2.41.